The standard InChI is InChI=1S/C18H21N3O4S/c22-26(23,17-2-1-6-20-10-17)21-13-18(14-21)16(5-9-25-18)12-24-11-15-3-7-19-8-4-15/h1-4,6-8,10,16H,5,9,11-14H2/t16-/m0/s1. The van der Waals surface area contributed by atoms with Gasteiger partial charge in [-0.05, 0) is 36.2 Å². The Morgan fingerprint density at radius 3 is 2.73 bits per heavy atom. The predicted molar refractivity (Wildman–Crippen MR) is 93.7 cm³/mol. The van der Waals surface area contributed by atoms with E-state index in [4.69, 9.17) is 9.47 Å². The van der Waals surface area contributed by atoms with Crippen LogP contribution in [0.15, 0.2) is 53.9 Å². The molecular formula is C18H21N3O4S. The number of hydrogen-bond donors (Lipinski definition) is 0. The number of aromatic nitrogens is 2. The summed E-state index contributed by atoms with van der Waals surface area (Å²) in [6.45, 7) is 2.46. The third kappa shape index (κ3) is 3.25. The fraction of sp³-hybridized carbons (Fsp3) is 0.444. The van der Waals surface area contributed by atoms with Gasteiger partial charge in [0.25, 0.3) is 0 Å². The lowest BCUT2D eigenvalue weighted by atomic mass is 9.83. The molecule has 8 heteroatoms. The minimum absolute atomic E-state index is 0.199. The Kier molecular flexibility index (Phi) is 4.74. The van der Waals surface area contributed by atoms with Crippen LogP contribution in [-0.2, 0) is 26.1 Å². The average Bonchev–Trinajstić information content (AvgIpc) is 3.06. The number of ether oxygens (including phenoxy) is 2. The van der Waals surface area contributed by atoms with Crippen LogP contribution >= 0.6 is 0 Å². The van der Waals surface area contributed by atoms with E-state index in [-0.39, 0.29) is 10.8 Å². The van der Waals surface area contributed by atoms with Gasteiger partial charge in [-0.25, -0.2) is 8.42 Å². The molecule has 138 valence electrons. The molecule has 26 heavy (non-hydrogen) atoms. The molecule has 2 aromatic rings. The summed E-state index contributed by atoms with van der Waals surface area (Å²) in [6, 6.07) is 7.04. The second kappa shape index (κ2) is 7.03. The Labute approximate surface area is 153 Å². The molecule has 0 aliphatic carbocycles. The van der Waals surface area contributed by atoms with E-state index in [0.29, 0.717) is 32.9 Å². The van der Waals surface area contributed by atoms with Crippen LogP contribution in [-0.4, -0.2) is 54.6 Å². The maximum atomic E-state index is 12.7. The fourth-order valence-electron chi connectivity index (χ4n) is 3.54. The van der Waals surface area contributed by atoms with Crippen molar-refractivity contribution in [3.05, 3.63) is 54.6 Å². The molecule has 2 saturated heterocycles. The Morgan fingerprint density at radius 2 is 2.00 bits per heavy atom. The van der Waals surface area contributed by atoms with E-state index in [0.717, 1.165) is 12.0 Å². The van der Waals surface area contributed by atoms with Crippen LogP contribution in [0.1, 0.15) is 12.0 Å². The van der Waals surface area contributed by atoms with E-state index in [1.807, 2.05) is 12.1 Å². The number of rotatable bonds is 6. The number of pyridine rings is 2. The molecule has 2 aromatic heterocycles. The Balaban J connectivity index is 1.36. The lowest BCUT2D eigenvalue weighted by molar-refractivity contribution is -0.115. The van der Waals surface area contributed by atoms with E-state index in [9.17, 15) is 8.42 Å². The van der Waals surface area contributed by atoms with Gasteiger partial charge in [-0.1, -0.05) is 0 Å². The van der Waals surface area contributed by atoms with Gasteiger partial charge in [-0.15, -0.1) is 0 Å². The molecule has 0 aromatic carbocycles. The maximum absolute atomic E-state index is 12.7. The molecule has 1 spiro atoms. The highest BCUT2D eigenvalue weighted by atomic mass is 32.2. The van der Waals surface area contributed by atoms with Crippen LogP contribution in [0.4, 0.5) is 0 Å². The molecule has 0 unspecified atom stereocenters. The first-order valence-corrected chi connectivity index (χ1v) is 10.0. The summed E-state index contributed by atoms with van der Waals surface area (Å²) < 4.78 is 38.6. The van der Waals surface area contributed by atoms with E-state index < -0.39 is 15.6 Å². The summed E-state index contributed by atoms with van der Waals surface area (Å²) in [4.78, 5) is 8.11. The van der Waals surface area contributed by atoms with E-state index in [1.54, 1.807) is 30.7 Å². The van der Waals surface area contributed by atoms with Crippen molar-refractivity contribution in [3.8, 4) is 0 Å². The number of nitrogens with zero attached hydrogens (tertiary/aromatic N) is 3. The highest BCUT2D eigenvalue weighted by Gasteiger charge is 2.56. The van der Waals surface area contributed by atoms with Gasteiger partial charge in [0.2, 0.25) is 10.0 Å². The molecule has 0 bridgehead atoms. The van der Waals surface area contributed by atoms with Crippen LogP contribution < -0.4 is 0 Å². The number of sulfonamides is 1. The van der Waals surface area contributed by atoms with Gasteiger partial charge in [-0.2, -0.15) is 4.31 Å². The lowest BCUT2D eigenvalue weighted by Crippen LogP contribution is -2.66. The highest BCUT2D eigenvalue weighted by molar-refractivity contribution is 7.89. The second-order valence-corrected chi connectivity index (χ2v) is 8.67. The van der Waals surface area contributed by atoms with Gasteiger partial charge in [0.05, 0.1) is 13.2 Å². The van der Waals surface area contributed by atoms with Crippen LogP contribution in [0, 0.1) is 5.92 Å². The number of hydrogen-bond acceptors (Lipinski definition) is 6. The first kappa shape index (κ1) is 17.5. The minimum Gasteiger partial charge on any atom is -0.376 e. The molecule has 7 nitrogen and oxygen atoms in total. The van der Waals surface area contributed by atoms with Crippen LogP contribution in [0.25, 0.3) is 0 Å². The van der Waals surface area contributed by atoms with Crippen molar-refractivity contribution < 1.29 is 17.9 Å². The van der Waals surface area contributed by atoms with Crippen molar-refractivity contribution in [2.24, 2.45) is 5.92 Å². The van der Waals surface area contributed by atoms with Gasteiger partial charge in [0, 0.05) is 50.4 Å². The van der Waals surface area contributed by atoms with Crippen molar-refractivity contribution >= 4 is 10.0 Å². The minimum atomic E-state index is -3.51. The molecule has 0 saturated carbocycles. The Hall–Kier alpha value is -1.87. The lowest BCUT2D eigenvalue weighted by Gasteiger charge is -2.49. The zero-order valence-corrected chi connectivity index (χ0v) is 15.1. The fourth-order valence-corrected chi connectivity index (χ4v) is 5.06. The van der Waals surface area contributed by atoms with Crippen LogP contribution in [0.3, 0.4) is 0 Å². The molecule has 2 aliphatic rings. The Bertz CT molecular complexity index is 839. The molecule has 2 fully saturated rings. The van der Waals surface area contributed by atoms with Crippen molar-refractivity contribution in [3.63, 3.8) is 0 Å². The monoisotopic (exact) mass is 375 g/mol. The van der Waals surface area contributed by atoms with Gasteiger partial charge < -0.3 is 9.47 Å². The molecule has 4 rings (SSSR count). The molecule has 1 atom stereocenters. The normalized spacial score (nSPS) is 22.4. The van der Waals surface area contributed by atoms with E-state index in [1.165, 1.54) is 10.5 Å². The first-order valence-electron chi connectivity index (χ1n) is 8.61. The largest absolute Gasteiger partial charge is 0.376 e. The summed E-state index contributed by atoms with van der Waals surface area (Å²) in [5.41, 5.74) is 0.649. The maximum Gasteiger partial charge on any atom is 0.244 e. The average molecular weight is 375 g/mol. The van der Waals surface area contributed by atoms with Crippen molar-refractivity contribution in [1.29, 1.82) is 0 Å². The van der Waals surface area contributed by atoms with E-state index >= 15 is 0 Å². The van der Waals surface area contributed by atoms with Crippen molar-refractivity contribution in [1.82, 2.24) is 14.3 Å². The van der Waals surface area contributed by atoms with Crippen LogP contribution in [0.5, 0.6) is 0 Å². The molecule has 0 radical (unpaired) electrons. The SMILES string of the molecule is O=S(=O)(c1cccnc1)N1CC2(C1)OCC[C@H]2COCc1ccncc1. The second-order valence-electron chi connectivity index (χ2n) is 6.73. The van der Waals surface area contributed by atoms with Crippen molar-refractivity contribution in [2.75, 3.05) is 26.3 Å². The summed E-state index contributed by atoms with van der Waals surface area (Å²) >= 11 is 0. The molecule has 0 amide bonds. The summed E-state index contributed by atoms with van der Waals surface area (Å²) in [6.07, 6.45) is 7.31. The highest BCUT2D eigenvalue weighted by Crippen LogP contribution is 2.42. The van der Waals surface area contributed by atoms with Crippen molar-refractivity contribution in [2.45, 2.75) is 23.5 Å². The summed E-state index contributed by atoms with van der Waals surface area (Å²) in [7, 11) is -3.51. The van der Waals surface area contributed by atoms with Gasteiger partial charge in [-0.3, -0.25) is 9.97 Å². The predicted octanol–water partition coefficient (Wildman–Crippen LogP) is 1.47. The summed E-state index contributed by atoms with van der Waals surface area (Å²) in [5, 5.41) is 0. The quantitative estimate of drug-likeness (QED) is 0.761. The van der Waals surface area contributed by atoms with E-state index in [2.05, 4.69) is 9.97 Å². The topological polar surface area (TPSA) is 81.6 Å². The molecule has 0 N–H and O–H groups in total. The van der Waals surface area contributed by atoms with Gasteiger partial charge in [0.1, 0.15) is 10.5 Å². The van der Waals surface area contributed by atoms with Crippen LogP contribution in [0.2, 0.25) is 0 Å². The molecule has 2 aliphatic heterocycles. The zero-order chi connectivity index (χ0) is 18.0. The third-order valence-electron chi connectivity index (χ3n) is 5.10. The van der Waals surface area contributed by atoms with Gasteiger partial charge >= 0.3 is 0 Å². The first-order chi connectivity index (χ1) is 12.6. The third-order valence-corrected chi connectivity index (χ3v) is 6.87. The van der Waals surface area contributed by atoms with Gasteiger partial charge in [0.15, 0.2) is 0 Å². The summed E-state index contributed by atoms with van der Waals surface area (Å²) in [5.74, 6) is 0.199. The zero-order valence-electron chi connectivity index (χ0n) is 14.3. The Morgan fingerprint density at radius 1 is 1.19 bits per heavy atom. The molecular weight excluding hydrogens is 354 g/mol. The smallest absolute Gasteiger partial charge is 0.244 e. The molecule has 4 heterocycles.